The van der Waals surface area contributed by atoms with Crippen LogP contribution >= 0.6 is 0 Å². The highest BCUT2D eigenvalue weighted by atomic mass is 32.2. The molecule has 0 unspecified atom stereocenters. The molecule has 0 bridgehead atoms. The lowest BCUT2D eigenvalue weighted by atomic mass is 10.0. The van der Waals surface area contributed by atoms with Crippen molar-refractivity contribution < 1.29 is 13.0 Å². The fourth-order valence-corrected chi connectivity index (χ4v) is 5.54. The lowest BCUT2D eigenvalue weighted by Crippen LogP contribution is -2.35. The van der Waals surface area contributed by atoms with Crippen molar-refractivity contribution in [1.29, 1.82) is 0 Å². The van der Waals surface area contributed by atoms with Crippen LogP contribution in [-0.2, 0) is 16.8 Å². The number of nitrogens with zero attached hydrogens (tertiary/aromatic N) is 3. The third kappa shape index (κ3) is 7.28. The molecule has 2 aromatic carbocycles. The Hall–Kier alpha value is -2.44. The molecule has 0 aliphatic heterocycles. The first-order valence-corrected chi connectivity index (χ1v) is 14.5. The molecule has 0 fully saturated rings. The molecule has 0 aliphatic rings. The van der Waals surface area contributed by atoms with Gasteiger partial charge in [-0.1, -0.05) is 119 Å². The second-order valence-electron chi connectivity index (χ2n) is 9.51. The number of aryl methyl sites for hydroxylation is 1. The molecule has 1 heterocycles. The first kappa shape index (κ1) is 27.2. The zero-order valence-corrected chi connectivity index (χ0v) is 22.5. The molecule has 3 aromatic rings. The van der Waals surface area contributed by atoms with Crippen molar-refractivity contribution in [3.63, 3.8) is 0 Å². The van der Waals surface area contributed by atoms with Gasteiger partial charge >= 0.3 is 10.2 Å². The number of benzene rings is 2. The number of aromatic nitrogens is 2. The van der Waals surface area contributed by atoms with E-state index in [2.05, 4.69) is 23.6 Å². The second kappa shape index (κ2) is 13.6. The van der Waals surface area contributed by atoms with Crippen molar-refractivity contribution in [2.24, 2.45) is 0 Å². The molecule has 1 aromatic heterocycles. The standard InChI is InChI=1S/C29H42N3O2S/c1-4-5-6-7-8-9-10-11-12-19-24-31-25-32(35(33,34)30(2)3)29(27-22-17-14-18-23-27)28(31)26-20-15-13-16-21-26/h13-18,20-23,25H,4-12,19,24H2,1-3H3/q+1. The summed E-state index contributed by atoms with van der Waals surface area (Å²) in [5.74, 6) is 0. The summed E-state index contributed by atoms with van der Waals surface area (Å²) >= 11 is 0. The van der Waals surface area contributed by atoms with Gasteiger partial charge in [0, 0.05) is 25.2 Å². The van der Waals surface area contributed by atoms with Crippen LogP contribution in [0.4, 0.5) is 0 Å². The largest absolute Gasteiger partial charge is 0.379 e. The minimum atomic E-state index is -3.69. The SMILES string of the molecule is CCCCCCCCCCCC[n+]1cn(S(=O)(=O)N(C)C)c(-c2ccccc2)c1-c1ccccc1. The molecule has 0 aliphatic carbocycles. The van der Waals surface area contributed by atoms with Crippen LogP contribution in [0, 0.1) is 0 Å². The van der Waals surface area contributed by atoms with Crippen molar-refractivity contribution in [3.8, 4) is 22.5 Å². The number of unbranched alkanes of at least 4 members (excludes halogenated alkanes) is 9. The Bertz CT molecular complexity index is 1120. The van der Waals surface area contributed by atoms with Crippen LogP contribution in [0.5, 0.6) is 0 Å². The third-order valence-electron chi connectivity index (χ3n) is 6.53. The van der Waals surface area contributed by atoms with E-state index in [1.54, 1.807) is 20.4 Å². The van der Waals surface area contributed by atoms with Crippen LogP contribution in [0.1, 0.15) is 71.1 Å². The lowest BCUT2D eigenvalue weighted by Gasteiger charge is -2.10. The molecule has 0 saturated heterocycles. The molecule has 3 rings (SSSR count). The molecule has 5 nitrogen and oxygen atoms in total. The van der Waals surface area contributed by atoms with Gasteiger partial charge in [0.2, 0.25) is 0 Å². The van der Waals surface area contributed by atoms with Crippen molar-refractivity contribution >= 4 is 10.2 Å². The van der Waals surface area contributed by atoms with E-state index in [4.69, 9.17) is 0 Å². The fourth-order valence-electron chi connectivity index (χ4n) is 4.53. The maximum atomic E-state index is 13.3. The Morgan fingerprint density at radius 1 is 0.714 bits per heavy atom. The summed E-state index contributed by atoms with van der Waals surface area (Å²) in [4.78, 5) is 0. The van der Waals surface area contributed by atoms with Crippen LogP contribution < -0.4 is 4.57 Å². The minimum absolute atomic E-state index is 0.706. The van der Waals surface area contributed by atoms with E-state index in [1.807, 2.05) is 48.5 Å². The van der Waals surface area contributed by atoms with Gasteiger partial charge in [-0.05, 0) is 12.8 Å². The van der Waals surface area contributed by atoms with Gasteiger partial charge < -0.3 is 0 Å². The smallest absolute Gasteiger partial charge is 0.228 e. The van der Waals surface area contributed by atoms with Gasteiger partial charge in [0.25, 0.3) is 6.33 Å². The lowest BCUT2D eigenvalue weighted by molar-refractivity contribution is -0.685. The Balaban J connectivity index is 1.83. The van der Waals surface area contributed by atoms with Gasteiger partial charge in [-0.2, -0.15) is 12.7 Å². The third-order valence-corrected chi connectivity index (χ3v) is 8.23. The molecule has 0 amide bonds. The predicted molar refractivity (Wildman–Crippen MR) is 145 cm³/mol. The van der Waals surface area contributed by atoms with Crippen LogP contribution in [0.15, 0.2) is 67.0 Å². The molecule has 0 spiro atoms. The van der Waals surface area contributed by atoms with E-state index in [0.29, 0.717) is 5.69 Å². The zero-order chi connectivity index (χ0) is 25.1. The van der Waals surface area contributed by atoms with Crippen molar-refractivity contribution in [2.45, 2.75) is 77.7 Å². The van der Waals surface area contributed by atoms with E-state index in [0.717, 1.165) is 36.2 Å². The van der Waals surface area contributed by atoms with E-state index >= 15 is 0 Å². The Kier molecular flexibility index (Phi) is 10.5. The highest BCUT2D eigenvalue weighted by Gasteiger charge is 2.34. The summed E-state index contributed by atoms with van der Waals surface area (Å²) in [6, 6.07) is 19.9. The number of hydrogen-bond donors (Lipinski definition) is 0. The van der Waals surface area contributed by atoms with Gasteiger partial charge in [-0.25, -0.2) is 4.57 Å². The molecule has 6 heteroatoms. The van der Waals surface area contributed by atoms with Crippen molar-refractivity contribution in [1.82, 2.24) is 8.28 Å². The normalized spacial score (nSPS) is 11.9. The van der Waals surface area contributed by atoms with Gasteiger partial charge in [-0.3, -0.25) is 0 Å². The summed E-state index contributed by atoms with van der Waals surface area (Å²) in [5, 5.41) is 0. The average Bonchev–Trinajstić information content (AvgIpc) is 3.26. The Morgan fingerprint density at radius 2 is 1.20 bits per heavy atom. The first-order chi connectivity index (χ1) is 17.0. The molecular weight excluding hydrogens is 454 g/mol. The monoisotopic (exact) mass is 496 g/mol. The molecule has 35 heavy (non-hydrogen) atoms. The summed E-state index contributed by atoms with van der Waals surface area (Å²) in [7, 11) is -0.524. The number of imidazole rings is 1. The van der Waals surface area contributed by atoms with E-state index < -0.39 is 10.2 Å². The Morgan fingerprint density at radius 3 is 1.71 bits per heavy atom. The number of hydrogen-bond acceptors (Lipinski definition) is 2. The number of rotatable bonds is 15. The van der Waals surface area contributed by atoms with Crippen LogP contribution in [0.25, 0.3) is 22.5 Å². The van der Waals surface area contributed by atoms with E-state index in [9.17, 15) is 8.42 Å². The molecule has 0 atom stereocenters. The van der Waals surface area contributed by atoms with Gasteiger partial charge in [-0.15, -0.1) is 3.97 Å². The van der Waals surface area contributed by atoms with Gasteiger partial charge in [0.15, 0.2) is 11.4 Å². The zero-order valence-electron chi connectivity index (χ0n) is 21.7. The maximum Gasteiger partial charge on any atom is 0.379 e. The van der Waals surface area contributed by atoms with Gasteiger partial charge in [0.1, 0.15) is 0 Å². The van der Waals surface area contributed by atoms with Crippen molar-refractivity contribution in [3.05, 3.63) is 67.0 Å². The van der Waals surface area contributed by atoms with Crippen LogP contribution in [0.2, 0.25) is 0 Å². The minimum Gasteiger partial charge on any atom is -0.228 e. The van der Waals surface area contributed by atoms with E-state index in [-0.39, 0.29) is 0 Å². The van der Waals surface area contributed by atoms with E-state index in [1.165, 1.54) is 59.6 Å². The quantitative estimate of drug-likeness (QED) is 0.174. The molecule has 0 saturated carbocycles. The summed E-state index contributed by atoms with van der Waals surface area (Å²) in [5.41, 5.74) is 3.56. The van der Waals surface area contributed by atoms with Crippen molar-refractivity contribution in [2.75, 3.05) is 14.1 Å². The summed E-state index contributed by atoms with van der Waals surface area (Å²) < 4.78 is 31.5. The molecule has 190 valence electrons. The second-order valence-corrected chi connectivity index (χ2v) is 11.5. The first-order valence-electron chi connectivity index (χ1n) is 13.2. The highest BCUT2D eigenvalue weighted by molar-refractivity contribution is 7.87. The average molecular weight is 497 g/mol. The maximum absolute atomic E-state index is 13.3. The Labute approximate surface area is 212 Å². The topological polar surface area (TPSA) is 46.2 Å². The van der Waals surface area contributed by atoms with Crippen LogP contribution in [-0.4, -0.2) is 30.8 Å². The fraction of sp³-hybridized carbons (Fsp3) is 0.483. The van der Waals surface area contributed by atoms with Gasteiger partial charge in [0.05, 0.1) is 6.54 Å². The summed E-state index contributed by atoms with van der Waals surface area (Å²) in [6.45, 7) is 3.05. The highest BCUT2D eigenvalue weighted by Crippen LogP contribution is 2.31. The predicted octanol–water partition coefficient (Wildman–Crippen LogP) is 6.69. The molecule has 0 N–H and O–H groups in total. The molecular formula is C29H42N3O2S+. The van der Waals surface area contributed by atoms with Crippen LogP contribution in [0.3, 0.4) is 0 Å². The molecule has 0 radical (unpaired) electrons. The summed E-state index contributed by atoms with van der Waals surface area (Å²) in [6.07, 6.45) is 14.5.